The van der Waals surface area contributed by atoms with Gasteiger partial charge in [-0.1, -0.05) is 0 Å². The van der Waals surface area contributed by atoms with Crippen LogP contribution in [0.15, 0.2) is 47.4 Å². The quantitative estimate of drug-likeness (QED) is 0.847. The van der Waals surface area contributed by atoms with Crippen LogP contribution < -0.4 is 10.5 Å². The highest BCUT2D eigenvalue weighted by atomic mass is 19.1. The van der Waals surface area contributed by atoms with Crippen molar-refractivity contribution in [2.45, 2.75) is 31.2 Å². The van der Waals surface area contributed by atoms with Crippen molar-refractivity contribution in [1.82, 2.24) is 9.47 Å². The second kappa shape index (κ2) is 7.23. The molecule has 0 spiro atoms. The van der Waals surface area contributed by atoms with Gasteiger partial charge in [0, 0.05) is 44.1 Å². The van der Waals surface area contributed by atoms with Crippen molar-refractivity contribution in [2.75, 3.05) is 31.1 Å². The van der Waals surface area contributed by atoms with Crippen molar-refractivity contribution >= 4 is 5.69 Å². The molecule has 1 aromatic heterocycles. The van der Waals surface area contributed by atoms with Crippen molar-refractivity contribution in [3.8, 4) is 0 Å². The Hall–Kier alpha value is -2.14. The van der Waals surface area contributed by atoms with Crippen molar-refractivity contribution < 1.29 is 4.39 Å². The molecule has 1 aromatic carbocycles. The molecule has 26 heavy (non-hydrogen) atoms. The minimum atomic E-state index is -0.178. The molecule has 0 bridgehead atoms. The third kappa shape index (κ3) is 3.54. The first-order chi connectivity index (χ1) is 12.6. The van der Waals surface area contributed by atoms with Crippen LogP contribution in [0.4, 0.5) is 10.1 Å². The van der Waals surface area contributed by atoms with E-state index in [4.69, 9.17) is 0 Å². The Morgan fingerprint density at radius 1 is 1.00 bits per heavy atom. The molecule has 2 aliphatic heterocycles. The third-order valence-corrected chi connectivity index (χ3v) is 6.00. The van der Waals surface area contributed by atoms with Gasteiger partial charge in [0.1, 0.15) is 5.82 Å². The van der Waals surface area contributed by atoms with Gasteiger partial charge < -0.3 is 9.47 Å². The van der Waals surface area contributed by atoms with E-state index in [-0.39, 0.29) is 11.4 Å². The highest BCUT2D eigenvalue weighted by Gasteiger charge is 2.31. The number of anilines is 1. The fourth-order valence-electron chi connectivity index (χ4n) is 4.34. The van der Waals surface area contributed by atoms with Gasteiger partial charge in [-0.2, -0.15) is 0 Å². The van der Waals surface area contributed by atoms with Crippen LogP contribution in [0.2, 0.25) is 0 Å². The summed E-state index contributed by atoms with van der Waals surface area (Å²) in [6.45, 7) is 4.22. The summed E-state index contributed by atoms with van der Waals surface area (Å²) < 4.78 is 14.7. The lowest BCUT2D eigenvalue weighted by Gasteiger charge is -2.36. The minimum absolute atomic E-state index is 0.0793. The normalized spacial score (nSPS) is 22.1. The number of hydrogen-bond acceptors (Lipinski definition) is 3. The number of aryl methyl sites for hydroxylation is 1. The smallest absolute Gasteiger partial charge is 0.250 e. The van der Waals surface area contributed by atoms with Gasteiger partial charge in [0.15, 0.2) is 0 Å². The lowest BCUT2D eigenvalue weighted by Crippen LogP contribution is -2.42. The SMILES string of the molecule is Cn1ccc(C2CCN(C3CCN(c4ccc(F)cc4)C3)CC2)cc1=O. The van der Waals surface area contributed by atoms with E-state index in [1.165, 1.54) is 17.7 Å². The van der Waals surface area contributed by atoms with E-state index >= 15 is 0 Å². The summed E-state index contributed by atoms with van der Waals surface area (Å²) in [5, 5.41) is 0. The predicted molar refractivity (Wildman–Crippen MR) is 102 cm³/mol. The fraction of sp³-hybridized carbons (Fsp3) is 0.476. The molecule has 0 N–H and O–H groups in total. The molecule has 2 aliphatic rings. The maximum Gasteiger partial charge on any atom is 0.250 e. The monoisotopic (exact) mass is 355 g/mol. The molecule has 2 aromatic rings. The Morgan fingerprint density at radius 2 is 1.73 bits per heavy atom. The minimum Gasteiger partial charge on any atom is -0.370 e. The molecule has 0 aliphatic carbocycles. The van der Waals surface area contributed by atoms with Crippen LogP contribution in [0.25, 0.3) is 0 Å². The molecule has 1 unspecified atom stereocenters. The van der Waals surface area contributed by atoms with Gasteiger partial charge in [-0.15, -0.1) is 0 Å². The van der Waals surface area contributed by atoms with Gasteiger partial charge in [0.05, 0.1) is 0 Å². The number of nitrogens with zero attached hydrogens (tertiary/aromatic N) is 3. The van der Waals surface area contributed by atoms with Crippen LogP contribution in [0.5, 0.6) is 0 Å². The van der Waals surface area contributed by atoms with Crippen molar-refractivity contribution in [3.63, 3.8) is 0 Å². The number of halogens is 1. The molecular weight excluding hydrogens is 329 g/mol. The largest absolute Gasteiger partial charge is 0.370 e. The topological polar surface area (TPSA) is 28.5 Å². The van der Waals surface area contributed by atoms with Gasteiger partial charge >= 0.3 is 0 Å². The van der Waals surface area contributed by atoms with Crippen LogP contribution >= 0.6 is 0 Å². The first-order valence-corrected chi connectivity index (χ1v) is 9.51. The highest BCUT2D eigenvalue weighted by Crippen LogP contribution is 2.31. The van der Waals surface area contributed by atoms with Crippen LogP contribution in [0.1, 0.15) is 30.7 Å². The maximum absolute atomic E-state index is 13.1. The van der Waals surface area contributed by atoms with E-state index in [0.717, 1.165) is 51.1 Å². The Morgan fingerprint density at radius 3 is 2.42 bits per heavy atom. The third-order valence-electron chi connectivity index (χ3n) is 6.00. The second-order valence-electron chi connectivity index (χ2n) is 7.58. The van der Waals surface area contributed by atoms with Crippen molar-refractivity contribution in [1.29, 1.82) is 0 Å². The first-order valence-electron chi connectivity index (χ1n) is 9.51. The summed E-state index contributed by atoms with van der Waals surface area (Å²) in [5.41, 5.74) is 2.38. The summed E-state index contributed by atoms with van der Waals surface area (Å²) in [6, 6.07) is 11.3. The number of aromatic nitrogens is 1. The molecule has 138 valence electrons. The molecular formula is C21H26FN3O. The molecule has 2 saturated heterocycles. The number of likely N-dealkylation sites (tertiary alicyclic amines) is 1. The van der Waals surface area contributed by atoms with E-state index in [1.807, 2.05) is 18.3 Å². The average Bonchev–Trinajstić information content (AvgIpc) is 3.15. The Balaban J connectivity index is 1.34. The number of pyridine rings is 1. The molecule has 5 heteroatoms. The predicted octanol–water partition coefficient (Wildman–Crippen LogP) is 2.98. The summed E-state index contributed by atoms with van der Waals surface area (Å²) in [6.07, 6.45) is 5.26. The van der Waals surface area contributed by atoms with Gasteiger partial charge in [0.25, 0.3) is 5.56 Å². The number of rotatable bonds is 3. The van der Waals surface area contributed by atoms with Gasteiger partial charge in [-0.3, -0.25) is 9.69 Å². The zero-order chi connectivity index (χ0) is 18.1. The second-order valence-corrected chi connectivity index (χ2v) is 7.58. The lowest BCUT2D eigenvalue weighted by molar-refractivity contribution is 0.162. The Labute approximate surface area is 153 Å². The van der Waals surface area contributed by atoms with Crippen LogP contribution in [0.3, 0.4) is 0 Å². The zero-order valence-electron chi connectivity index (χ0n) is 15.3. The number of piperidine rings is 1. The van der Waals surface area contributed by atoms with Crippen molar-refractivity contribution in [3.05, 3.63) is 64.3 Å². The van der Waals surface area contributed by atoms with Gasteiger partial charge in [-0.25, -0.2) is 4.39 Å². The lowest BCUT2D eigenvalue weighted by atomic mass is 9.89. The van der Waals surface area contributed by atoms with Gasteiger partial charge in [-0.05, 0) is 74.2 Å². The molecule has 3 heterocycles. The van der Waals surface area contributed by atoms with Crippen LogP contribution in [0, 0.1) is 5.82 Å². The molecule has 0 amide bonds. The fourth-order valence-corrected chi connectivity index (χ4v) is 4.34. The molecule has 0 radical (unpaired) electrons. The van der Waals surface area contributed by atoms with E-state index in [1.54, 1.807) is 17.7 Å². The number of benzene rings is 1. The average molecular weight is 355 g/mol. The van der Waals surface area contributed by atoms with Crippen LogP contribution in [-0.4, -0.2) is 41.7 Å². The molecule has 1 atom stereocenters. The number of hydrogen-bond donors (Lipinski definition) is 0. The van der Waals surface area contributed by atoms with E-state index in [9.17, 15) is 9.18 Å². The highest BCUT2D eigenvalue weighted by molar-refractivity contribution is 5.47. The summed E-state index contributed by atoms with van der Waals surface area (Å²) in [7, 11) is 1.79. The van der Waals surface area contributed by atoms with E-state index in [2.05, 4.69) is 15.9 Å². The molecule has 4 rings (SSSR count). The maximum atomic E-state index is 13.1. The summed E-state index contributed by atoms with van der Waals surface area (Å²) in [4.78, 5) is 16.8. The van der Waals surface area contributed by atoms with Crippen LogP contribution in [-0.2, 0) is 7.05 Å². The summed E-state index contributed by atoms with van der Waals surface area (Å²) >= 11 is 0. The first kappa shape index (κ1) is 17.3. The van der Waals surface area contributed by atoms with Gasteiger partial charge in [0.2, 0.25) is 0 Å². The summed E-state index contributed by atoms with van der Waals surface area (Å²) in [5.74, 6) is 0.317. The molecule has 0 saturated carbocycles. The standard InChI is InChI=1S/C21H26FN3O/c1-23-10-6-17(14-21(23)26)16-7-11-24(12-8-16)20-9-13-25(15-20)19-4-2-18(22)3-5-19/h2-6,10,14,16,20H,7-9,11-13,15H2,1H3. The molecule has 2 fully saturated rings. The van der Waals surface area contributed by atoms with E-state index < -0.39 is 0 Å². The Kier molecular flexibility index (Phi) is 4.81. The molecule has 4 nitrogen and oxygen atoms in total. The Bertz CT molecular complexity index is 809. The zero-order valence-corrected chi connectivity index (χ0v) is 15.3. The van der Waals surface area contributed by atoms with Crippen molar-refractivity contribution in [2.24, 2.45) is 7.05 Å². The van der Waals surface area contributed by atoms with E-state index in [0.29, 0.717) is 12.0 Å².